The molecule has 0 amide bonds. The summed E-state index contributed by atoms with van der Waals surface area (Å²) in [6.07, 6.45) is 0.107. The van der Waals surface area contributed by atoms with Gasteiger partial charge in [-0.25, -0.2) is 4.39 Å². The number of hydrogen-bond donors (Lipinski definition) is 0. The Labute approximate surface area is 128 Å². The summed E-state index contributed by atoms with van der Waals surface area (Å²) in [4.78, 5) is 0. The minimum atomic E-state index is -3.61. The molecule has 22 heavy (non-hydrogen) atoms. The first-order valence-corrected chi connectivity index (χ1v) is 8.43. The predicted molar refractivity (Wildman–Crippen MR) is 81.1 cm³/mol. The first-order valence-electron chi connectivity index (χ1n) is 6.61. The number of fused-ring (bicyclic) bond motifs is 1. The van der Waals surface area contributed by atoms with Crippen LogP contribution in [0.2, 0.25) is 0 Å². The van der Waals surface area contributed by atoms with Crippen molar-refractivity contribution in [3.63, 3.8) is 0 Å². The summed E-state index contributed by atoms with van der Waals surface area (Å²) in [7, 11) is -3.61. The molecule has 0 N–H and O–H groups in total. The zero-order chi connectivity index (χ0) is 16.0. The lowest BCUT2D eigenvalue weighted by Gasteiger charge is -2.16. The molecule has 0 aliphatic heterocycles. The van der Waals surface area contributed by atoms with Gasteiger partial charge in [0.1, 0.15) is 18.5 Å². The second-order valence-corrected chi connectivity index (χ2v) is 6.35. The Balaban J connectivity index is 1.97. The summed E-state index contributed by atoms with van der Waals surface area (Å²) in [5.41, 5.74) is 0. The topological polar surface area (TPSA) is 61.8 Å². The molecule has 1 unspecified atom stereocenters. The van der Waals surface area contributed by atoms with E-state index in [1.54, 1.807) is 6.07 Å². The Bertz CT molecular complexity index is 717. The van der Waals surface area contributed by atoms with Gasteiger partial charge in [-0.3, -0.25) is 4.18 Å². The summed E-state index contributed by atoms with van der Waals surface area (Å²) in [6, 6.07) is 13.3. The number of alkyl halides is 1. The van der Waals surface area contributed by atoms with Gasteiger partial charge in [0.25, 0.3) is 10.1 Å². The highest BCUT2D eigenvalue weighted by molar-refractivity contribution is 7.85. The molecule has 0 heterocycles. The van der Waals surface area contributed by atoms with Gasteiger partial charge in [-0.05, 0) is 22.9 Å². The lowest BCUT2D eigenvalue weighted by Crippen LogP contribution is -2.28. The average molecular weight is 328 g/mol. The summed E-state index contributed by atoms with van der Waals surface area (Å²) in [5.74, 6) is 0.588. The average Bonchev–Trinajstić information content (AvgIpc) is 2.49. The van der Waals surface area contributed by atoms with Crippen molar-refractivity contribution in [2.24, 2.45) is 0 Å². The van der Waals surface area contributed by atoms with Gasteiger partial charge < -0.3 is 9.47 Å². The molecule has 2 aromatic carbocycles. The number of halogens is 1. The fourth-order valence-electron chi connectivity index (χ4n) is 1.88. The van der Waals surface area contributed by atoms with E-state index >= 15 is 0 Å². The maximum absolute atomic E-state index is 12.3. The summed E-state index contributed by atoms with van der Waals surface area (Å²) in [5, 5.41) is 2.09. The maximum Gasteiger partial charge on any atom is 0.264 e. The van der Waals surface area contributed by atoms with Gasteiger partial charge in [0.2, 0.25) is 0 Å². The third-order valence-electron chi connectivity index (χ3n) is 2.92. The predicted octanol–water partition coefficient (Wildman–Crippen LogP) is 2.51. The van der Waals surface area contributed by atoms with E-state index in [9.17, 15) is 12.8 Å². The fraction of sp³-hybridized carbons (Fsp3) is 0.333. The van der Waals surface area contributed by atoms with Gasteiger partial charge in [0.15, 0.2) is 6.86 Å². The highest BCUT2D eigenvalue weighted by atomic mass is 32.2. The summed E-state index contributed by atoms with van der Waals surface area (Å²) >= 11 is 0. The highest BCUT2D eigenvalue weighted by Crippen LogP contribution is 2.20. The van der Waals surface area contributed by atoms with Crippen molar-refractivity contribution in [1.82, 2.24) is 0 Å². The molecule has 2 aromatic rings. The van der Waals surface area contributed by atoms with Crippen LogP contribution in [0.15, 0.2) is 42.5 Å². The maximum atomic E-state index is 12.3. The van der Waals surface area contributed by atoms with Crippen LogP contribution in [0.25, 0.3) is 10.8 Å². The second kappa shape index (κ2) is 7.53. The molecule has 0 aromatic heterocycles. The largest absolute Gasteiger partial charge is 0.491 e. The Morgan fingerprint density at radius 1 is 1.09 bits per heavy atom. The lowest BCUT2D eigenvalue weighted by molar-refractivity contribution is -0.0449. The van der Waals surface area contributed by atoms with Crippen LogP contribution in [0.3, 0.4) is 0 Å². The molecular formula is C15H17FO5S. The molecule has 2 rings (SSSR count). The van der Waals surface area contributed by atoms with Crippen molar-refractivity contribution >= 4 is 20.9 Å². The second-order valence-electron chi connectivity index (χ2n) is 4.71. The van der Waals surface area contributed by atoms with Crippen LogP contribution in [0, 0.1) is 0 Å². The number of benzene rings is 2. The van der Waals surface area contributed by atoms with E-state index in [-0.39, 0.29) is 13.2 Å². The molecule has 0 fully saturated rings. The molecule has 120 valence electrons. The van der Waals surface area contributed by atoms with Crippen LogP contribution >= 0.6 is 0 Å². The molecule has 0 radical (unpaired) electrons. The molecule has 0 saturated heterocycles. The van der Waals surface area contributed by atoms with E-state index in [4.69, 9.17) is 9.47 Å². The zero-order valence-corrected chi connectivity index (χ0v) is 12.9. The molecule has 0 aliphatic rings. The van der Waals surface area contributed by atoms with E-state index in [0.29, 0.717) is 5.75 Å². The molecular weight excluding hydrogens is 311 g/mol. The van der Waals surface area contributed by atoms with Crippen LogP contribution in [0.4, 0.5) is 4.39 Å². The fourth-order valence-corrected chi connectivity index (χ4v) is 2.28. The Morgan fingerprint density at radius 2 is 1.82 bits per heavy atom. The van der Waals surface area contributed by atoms with Gasteiger partial charge in [-0.1, -0.05) is 30.3 Å². The molecule has 5 nitrogen and oxygen atoms in total. The smallest absolute Gasteiger partial charge is 0.264 e. The lowest BCUT2D eigenvalue weighted by atomic mass is 10.1. The van der Waals surface area contributed by atoms with Crippen LogP contribution in [0.1, 0.15) is 0 Å². The minimum Gasteiger partial charge on any atom is -0.491 e. The zero-order valence-electron chi connectivity index (χ0n) is 12.1. The van der Waals surface area contributed by atoms with E-state index < -0.39 is 23.1 Å². The number of hydrogen-bond acceptors (Lipinski definition) is 5. The Morgan fingerprint density at radius 3 is 2.50 bits per heavy atom. The van der Waals surface area contributed by atoms with Crippen molar-refractivity contribution in [3.8, 4) is 5.75 Å². The van der Waals surface area contributed by atoms with Gasteiger partial charge in [0, 0.05) is 0 Å². The number of ether oxygens (including phenoxy) is 2. The monoisotopic (exact) mass is 328 g/mol. The van der Waals surface area contributed by atoms with Crippen LogP contribution in [0.5, 0.6) is 5.75 Å². The molecule has 7 heteroatoms. The Hall–Kier alpha value is -1.70. The first kappa shape index (κ1) is 16.7. The van der Waals surface area contributed by atoms with E-state index in [0.717, 1.165) is 17.0 Å². The van der Waals surface area contributed by atoms with Crippen molar-refractivity contribution in [2.45, 2.75) is 6.10 Å². The molecule has 0 aliphatic carbocycles. The quantitative estimate of drug-likeness (QED) is 0.697. The van der Waals surface area contributed by atoms with Crippen LogP contribution < -0.4 is 4.74 Å². The normalized spacial score (nSPS) is 13.2. The summed E-state index contributed by atoms with van der Waals surface area (Å²) < 4.78 is 49.1. The minimum absolute atomic E-state index is 0.0161. The summed E-state index contributed by atoms with van der Waals surface area (Å²) in [6.45, 7) is -1.35. The standard InChI is InChI=1S/C15H17FO5S/c1-22(17,18)21-10-15(20-11-16)9-19-14-7-6-12-4-2-3-5-13(12)8-14/h2-8,15H,9-11H2,1H3. The third kappa shape index (κ3) is 5.25. The SMILES string of the molecule is CS(=O)(=O)OCC(COc1ccc2ccccc2c1)OCF. The van der Waals surface area contributed by atoms with E-state index in [1.807, 2.05) is 36.4 Å². The van der Waals surface area contributed by atoms with Crippen molar-refractivity contribution < 1.29 is 26.5 Å². The van der Waals surface area contributed by atoms with E-state index in [2.05, 4.69) is 4.18 Å². The molecule has 0 spiro atoms. The Kier molecular flexibility index (Phi) is 5.70. The van der Waals surface area contributed by atoms with Gasteiger partial charge in [-0.15, -0.1) is 0 Å². The van der Waals surface area contributed by atoms with Crippen molar-refractivity contribution in [1.29, 1.82) is 0 Å². The van der Waals surface area contributed by atoms with Crippen molar-refractivity contribution in [3.05, 3.63) is 42.5 Å². The first-order chi connectivity index (χ1) is 10.5. The van der Waals surface area contributed by atoms with Gasteiger partial charge >= 0.3 is 0 Å². The van der Waals surface area contributed by atoms with Crippen LogP contribution in [-0.2, 0) is 19.0 Å². The van der Waals surface area contributed by atoms with Crippen molar-refractivity contribution in [2.75, 3.05) is 26.3 Å². The van der Waals surface area contributed by atoms with Gasteiger partial charge in [-0.2, -0.15) is 8.42 Å². The molecule has 0 saturated carbocycles. The number of rotatable bonds is 8. The highest BCUT2D eigenvalue weighted by Gasteiger charge is 2.14. The van der Waals surface area contributed by atoms with Crippen LogP contribution in [-0.4, -0.2) is 40.9 Å². The van der Waals surface area contributed by atoms with E-state index in [1.165, 1.54) is 0 Å². The molecule has 1 atom stereocenters. The third-order valence-corrected chi connectivity index (χ3v) is 3.49. The molecule has 0 bridgehead atoms. The van der Waals surface area contributed by atoms with Gasteiger partial charge in [0.05, 0.1) is 12.9 Å².